The maximum atomic E-state index is 12.0. The summed E-state index contributed by atoms with van der Waals surface area (Å²) < 4.78 is 0. The van der Waals surface area contributed by atoms with Gasteiger partial charge in [0.1, 0.15) is 0 Å². The molecule has 0 aliphatic carbocycles. The Balaban J connectivity index is 0.00000264. The summed E-state index contributed by atoms with van der Waals surface area (Å²) >= 11 is 0. The first kappa shape index (κ1) is 22.5. The number of anilines is 1. The fraction of sp³-hybridized carbons (Fsp3) is 0.500. The van der Waals surface area contributed by atoms with Gasteiger partial charge in [0.15, 0.2) is 0 Å². The second-order valence-electron chi connectivity index (χ2n) is 5.65. The predicted octanol–water partition coefficient (Wildman–Crippen LogP) is 1.32. The number of halogens is 2. The normalized spacial score (nSPS) is 14.2. The molecule has 1 fully saturated rings. The maximum absolute atomic E-state index is 12.0. The number of nitrogens with one attached hydrogen (secondary N) is 2. The van der Waals surface area contributed by atoms with Crippen molar-refractivity contribution >= 4 is 42.3 Å². The first-order chi connectivity index (χ1) is 10.6. The highest BCUT2D eigenvalue weighted by Crippen LogP contribution is 2.17. The number of rotatable bonds is 5. The van der Waals surface area contributed by atoms with Crippen molar-refractivity contribution in [3.63, 3.8) is 0 Å². The second-order valence-corrected chi connectivity index (χ2v) is 5.65. The summed E-state index contributed by atoms with van der Waals surface area (Å²) in [5, 5.41) is 6.03. The number of carbonyl (C=O) groups excluding carboxylic acids is 2. The molecule has 24 heavy (non-hydrogen) atoms. The van der Waals surface area contributed by atoms with E-state index in [1.165, 1.54) is 5.56 Å². The van der Waals surface area contributed by atoms with E-state index >= 15 is 0 Å². The summed E-state index contributed by atoms with van der Waals surface area (Å²) in [6.45, 7) is 3.44. The fourth-order valence-corrected chi connectivity index (χ4v) is 2.60. The van der Waals surface area contributed by atoms with Crippen molar-refractivity contribution < 1.29 is 9.59 Å². The van der Waals surface area contributed by atoms with E-state index in [-0.39, 0.29) is 49.7 Å². The molecule has 1 heterocycles. The topological polar surface area (TPSA) is 87.5 Å². The fourth-order valence-electron chi connectivity index (χ4n) is 2.60. The molecular formula is C16H26Cl2N4O2. The molecule has 8 heteroatoms. The van der Waals surface area contributed by atoms with Crippen molar-refractivity contribution in [2.24, 2.45) is 5.73 Å². The number of nitrogens with two attached hydrogens (primary N) is 1. The third kappa shape index (κ3) is 6.95. The minimum Gasteiger partial charge on any atom is -0.382 e. The lowest BCUT2D eigenvalue weighted by Gasteiger charge is -2.33. The third-order valence-corrected chi connectivity index (χ3v) is 3.86. The molecule has 1 aliphatic rings. The van der Waals surface area contributed by atoms with Crippen LogP contribution < -0.4 is 16.4 Å². The number of amides is 2. The molecule has 0 atom stereocenters. The summed E-state index contributed by atoms with van der Waals surface area (Å²) in [6, 6.07) is 8.68. The Morgan fingerprint density at radius 2 is 1.92 bits per heavy atom. The van der Waals surface area contributed by atoms with Crippen LogP contribution >= 0.6 is 24.8 Å². The van der Waals surface area contributed by atoms with E-state index in [1.807, 2.05) is 6.07 Å². The van der Waals surface area contributed by atoms with E-state index in [2.05, 4.69) is 35.8 Å². The van der Waals surface area contributed by atoms with Crippen molar-refractivity contribution in [1.82, 2.24) is 10.2 Å². The summed E-state index contributed by atoms with van der Waals surface area (Å²) in [5.74, 6) is -0.347. The quantitative estimate of drug-likeness (QED) is 0.722. The van der Waals surface area contributed by atoms with Crippen molar-refractivity contribution in [3.05, 3.63) is 29.8 Å². The van der Waals surface area contributed by atoms with Crippen molar-refractivity contribution in [2.75, 3.05) is 31.5 Å². The number of likely N-dealkylation sites (tertiary alicyclic amines) is 1. The molecule has 0 unspecified atom stereocenters. The van der Waals surface area contributed by atoms with Gasteiger partial charge in [-0.3, -0.25) is 9.59 Å². The van der Waals surface area contributed by atoms with Crippen LogP contribution in [0.25, 0.3) is 0 Å². The molecule has 136 valence electrons. The Bertz CT molecular complexity index is 535. The van der Waals surface area contributed by atoms with Gasteiger partial charge in [-0.2, -0.15) is 0 Å². The Hall–Kier alpha value is -1.50. The Labute approximate surface area is 155 Å². The van der Waals surface area contributed by atoms with Crippen LogP contribution in [0.5, 0.6) is 0 Å². The van der Waals surface area contributed by atoms with Crippen LogP contribution in [-0.2, 0) is 9.59 Å². The van der Waals surface area contributed by atoms with E-state index in [0.29, 0.717) is 19.1 Å². The number of benzene rings is 1. The lowest BCUT2D eigenvalue weighted by atomic mass is 10.0. The highest BCUT2D eigenvalue weighted by atomic mass is 35.5. The van der Waals surface area contributed by atoms with Gasteiger partial charge in [-0.15, -0.1) is 24.8 Å². The summed E-state index contributed by atoms with van der Waals surface area (Å²) in [7, 11) is 0. The van der Waals surface area contributed by atoms with E-state index in [0.717, 1.165) is 18.5 Å². The monoisotopic (exact) mass is 376 g/mol. The molecule has 4 N–H and O–H groups in total. The van der Waals surface area contributed by atoms with Gasteiger partial charge < -0.3 is 21.3 Å². The standard InChI is InChI=1S/C16H24N4O2.2ClH/c1-12-3-2-4-14(9-12)19-13-5-7-20(8-6-13)16(22)11-18-15(21)10-17;;/h2-4,9,13,19H,5-8,10-11,17H2,1H3,(H,18,21);2*1H. The molecule has 2 rings (SSSR count). The molecular weight excluding hydrogens is 351 g/mol. The van der Waals surface area contributed by atoms with Gasteiger partial charge in [0.25, 0.3) is 0 Å². The Morgan fingerprint density at radius 1 is 1.25 bits per heavy atom. The van der Waals surface area contributed by atoms with Crippen LogP contribution in [-0.4, -0.2) is 48.9 Å². The van der Waals surface area contributed by atoms with Gasteiger partial charge in [-0.25, -0.2) is 0 Å². The average Bonchev–Trinajstić information content (AvgIpc) is 2.53. The molecule has 0 saturated carbocycles. The van der Waals surface area contributed by atoms with Crippen LogP contribution in [0.2, 0.25) is 0 Å². The molecule has 2 amide bonds. The Kier molecular flexibility index (Phi) is 10.4. The van der Waals surface area contributed by atoms with Crippen molar-refractivity contribution in [1.29, 1.82) is 0 Å². The number of hydrogen-bond acceptors (Lipinski definition) is 4. The molecule has 0 spiro atoms. The molecule has 1 aromatic rings. The predicted molar refractivity (Wildman–Crippen MR) is 101 cm³/mol. The lowest BCUT2D eigenvalue weighted by molar-refractivity contribution is -0.133. The lowest BCUT2D eigenvalue weighted by Crippen LogP contribution is -2.47. The van der Waals surface area contributed by atoms with Gasteiger partial charge in [0.2, 0.25) is 11.8 Å². The van der Waals surface area contributed by atoms with Gasteiger partial charge in [-0.05, 0) is 37.5 Å². The highest BCUT2D eigenvalue weighted by Gasteiger charge is 2.22. The van der Waals surface area contributed by atoms with Crippen LogP contribution in [0.4, 0.5) is 5.69 Å². The van der Waals surface area contributed by atoms with Crippen molar-refractivity contribution in [2.45, 2.75) is 25.8 Å². The highest BCUT2D eigenvalue weighted by molar-refractivity contribution is 5.86. The van der Waals surface area contributed by atoms with E-state index < -0.39 is 0 Å². The zero-order chi connectivity index (χ0) is 15.9. The number of hydrogen-bond donors (Lipinski definition) is 3. The number of aryl methyl sites for hydroxylation is 1. The largest absolute Gasteiger partial charge is 0.382 e. The summed E-state index contributed by atoms with van der Waals surface area (Å²) in [4.78, 5) is 24.8. The minimum atomic E-state index is -0.302. The van der Waals surface area contributed by atoms with Gasteiger partial charge >= 0.3 is 0 Å². The average molecular weight is 377 g/mol. The first-order valence-electron chi connectivity index (χ1n) is 7.66. The smallest absolute Gasteiger partial charge is 0.241 e. The molecule has 0 radical (unpaired) electrons. The second kappa shape index (κ2) is 11.1. The molecule has 0 bridgehead atoms. The molecule has 1 aliphatic heterocycles. The number of carbonyl (C=O) groups is 2. The minimum absolute atomic E-state index is 0. The maximum Gasteiger partial charge on any atom is 0.241 e. The SMILES string of the molecule is Cc1cccc(NC2CCN(C(=O)CNC(=O)CN)CC2)c1.Cl.Cl. The molecule has 6 nitrogen and oxygen atoms in total. The molecule has 1 saturated heterocycles. The van der Waals surface area contributed by atoms with Crippen molar-refractivity contribution in [3.8, 4) is 0 Å². The van der Waals surface area contributed by atoms with E-state index in [4.69, 9.17) is 5.73 Å². The zero-order valence-corrected chi connectivity index (χ0v) is 15.4. The first-order valence-corrected chi connectivity index (χ1v) is 7.66. The Morgan fingerprint density at radius 3 is 2.50 bits per heavy atom. The molecule has 0 aromatic heterocycles. The van der Waals surface area contributed by atoms with Gasteiger partial charge in [0, 0.05) is 24.8 Å². The summed E-state index contributed by atoms with van der Waals surface area (Å²) in [6.07, 6.45) is 1.81. The van der Waals surface area contributed by atoms with Gasteiger partial charge in [-0.1, -0.05) is 12.1 Å². The van der Waals surface area contributed by atoms with Crippen LogP contribution in [0.1, 0.15) is 18.4 Å². The van der Waals surface area contributed by atoms with E-state index in [1.54, 1.807) is 4.90 Å². The van der Waals surface area contributed by atoms with Crippen LogP contribution in [0.15, 0.2) is 24.3 Å². The molecule has 1 aromatic carbocycles. The van der Waals surface area contributed by atoms with Gasteiger partial charge in [0.05, 0.1) is 13.1 Å². The summed E-state index contributed by atoms with van der Waals surface area (Å²) in [5.41, 5.74) is 7.55. The third-order valence-electron chi connectivity index (χ3n) is 3.86. The number of nitrogens with zero attached hydrogens (tertiary/aromatic N) is 1. The van der Waals surface area contributed by atoms with E-state index in [9.17, 15) is 9.59 Å². The zero-order valence-electron chi connectivity index (χ0n) is 13.8. The van der Waals surface area contributed by atoms with Crippen LogP contribution in [0, 0.1) is 6.92 Å². The number of piperidine rings is 1. The van der Waals surface area contributed by atoms with Crippen LogP contribution in [0.3, 0.4) is 0 Å².